The Morgan fingerprint density at radius 3 is 2.12 bits per heavy atom. The van der Waals surface area contributed by atoms with Gasteiger partial charge in [-0.1, -0.05) is 12.1 Å². The number of nitrogens with two attached hydrogens (primary N) is 1. The van der Waals surface area contributed by atoms with Crippen molar-refractivity contribution in [3.63, 3.8) is 0 Å². The van der Waals surface area contributed by atoms with E-state index in [1.54, 1.807) is 0 Å². The van der Waals surface area contributed by atoms with Crippen molar-refractivity contribution >= 4 is 0 Å². The van der Waals surface area contributed by atoms with Crippen LogP contribution in [0, 0.1) is 20.8 Å². The third-order valence-corrected chi connectivity index (χ3v) is 3.32. The Morgan fingerprint density at radius 2 is 1.71 bits per heavy atom. The summed E-state index contributed by atoms with van der Waals surface area (Å²) in [5, 5.41) is 4.54. The number of nitrogens with zero attached hydrogens (tertiary/aromatic N) is 2. The van der Waals surface area contributed by atoms with Gasteiger partial charge in [-0.15, -0.1) is 0 Å². The Bertz CT molecular complexity index is 521. The minimum absolute atomic E-state index is 0.0752. The molecule has 2 N–H and O–H groups in total. The average Bonchev–Trinajstić information content (AvgIpc) is 2.57. The monoisotopic (exact) mass is 229 g/mol. The van der Waals surface area contributed by atoms with Crippen molar-refractivity contribution in [2.24, 2.45) is 5.73 Å². The maximum atomic E-state index is 5.84. The largest absolute Gasteiger partial charge is 0.324 e. The van der Waals surface area contributed by atoms with Crippen molar-refractivity contribution < 1.29 is 0 Å². The summed E-state index contributed by atoms with van der Waals surface area (Å²) in [5.41, 5.74) is 11.6. The first-order valence-corrected chi connectivity index (χ1v) is 5.89. The van der Waals surface area contributed by atoms with Gasteiger partial charge in [-0.2, -0.15) is 5.10 Å². The topological polar surface area (TPSA) is 43.8 Å². The molecule has 0 radical (unpaired) electrons. The van der Waals surface area contributed by atoms with Crippen LogP contribution in [0.2, 0.25) is 0 Å². The molecule has 1 unspecified atom stereocenters. The Hall–Kier alpha value is -1.61. The third-order valence-electron chi connectivity index (χ3n) is 3.32. The second-order valence-corrected chi connectivity index (χ2v) is 4.59. The van der Waals surface area contributed by atoms with E-state index in [9.17, 15) is 0 Å². The molecule has 0 saturated heterocycles. The molecule has 17 heavy (non-hydrogen) atoms. The van der Waals surface area contributed by atoms with E-state index in [1.165, 1.54) is 11.3 Å². The van der Waals surface area contributed by atoms with E-state index >= 15 is 0 Å². The number of hydrogen-bond acceptors (Lipinski definition) is 2. The molecule has 3 heteroatoms. The minimum atomic E-state index is 0.0752. The molecule has 1 aromatic heterocycles. The highest BCUT2D eigenvalue weighted by Gasteiger charge is 2.08. The number of aryl methyl sites for hydroxylation is 1. The summed E-state index contributed by atoms with van der Waals surface area (Å²) >= 11 is 0. The molecule has 0 aliphatic carbocycles. The van der Waals surface area contributed by atoms with Crippen LogP contribution >= 0.6 is 0 Å². The van der Waals surface area contributed by atoms with E-state index in [-0.39, 0.29) is 6.04 Å². The molecule has 0 aliphatic heterocycles. The van der Waals surface area contributed by atoms with Crippen LogP contribution < -0.4 is 5.73 Å². The molecule has 0 fully saturated rings. The van der Waals surface area contributed by atoms with E-state index in [4.69, 9.17) is 5.73 Å². The van der Waals surface area contributed by atoms with Crippen LogP contribution in [0.1, 0.15) is 35.5 Å². The molecule has 3 nitrogen and oxygen atoms in total. The summed E-state index contributed by atoms with van der Waals surface area (Å²) in [6.07, 6.45) is 0. The van der Waals surface area contributed by atoms with E-state index in [1.807, 2.05) is 18.5 Å². The highest BCUT2D eigenvalue weighted by molar-refractivity contribution is 5.38. The molecule has 0 aliphatic rings. The van der Waals surface area contributed by atoms with Crippen LogP contribution in [0.4, 0.5) is 0 Å². The maximum Gasteiger partial charge on any atom is 0.0649 e. The fourth-order valence-corrected chi connectivity index (χ4v) is 1.89. The summed E-state index contributed by atoms with van der Waals surface area (Å²) in [5.74, 6) is 0. The zero-order valence-corrected chi connectivity index (χ0v) is 10.9. The molecule has 0 amide bonds. The summed E-state index contributed by atoms with van der Waals surface area (Å²) < 4.78 is 1.98. The Balaban J connectivity index is 2.43. The smallest absolute Gasteiger partial charge is 0.0649 e. The lowest BCUT2D eigenvalue weighted by atomic mass is 10.1. The Labute approximate surface area is 102 Å². The van der Waals surface area contributed by atoms with Crippen LogP contribution in [0.3, 0.4) is 0 Å². The number of rotatable bonds is 2. The number of benzene rings is 1. The molecule has 1 heterocycles. The molecule has 0 spiro atoms. The van der Waals surface area contributed by atoms with Gasteiger partial charge in [0, 0.05) is 11.7 Å². The van der Waals surface area contributed by atoms with Crippen molar-refractivity contribution in [3.05, 3.63) is 46.8 Å². The number of aromatic nitrogens is 2. The molecule has 90 valence electrons. The number of hydrogen-bond donors (Lipinski definition) is 1. The van der Waals surface area contributed by atoms with Gasteiger partial charge in [-0.3, -0.25) is 0 Å². The van der Waals surface area contributed by atoms with E-state index in [0.29, 0.717) is 0 Å². The molecule has 2 rings (SSSR count). The summed E-state index contributed by atoms with van der Waals surface area (Å²) in [6, 6.07) is 8.33. The van der Waals surface area contributed by atoms with Gasteiger partial charge < -0.3 is 5.73 Å². The highest BCUT2D eigenvalue weighted by atomic mass is 15.3. The van der Waals surface area contributed by atoms with E-state index in [0.717, 1.165) is 16.9 Å². The van der Waals surface area contributed by atoms with E-state index < -0.39 is 0 Å². The third kappa shape index (κ3) is 2.11. The molecule has 1 atom stereocenters. The summed E-state index contributed by atoms with van der Waals surface area (Å²) in [6.45, 7) is 8.22. The predicted molar refractivity (Wildman–Crippen MR) is 70.4 cm³/mol. The van der Waals surface area contributed by atoms with Crippen LogP contribution in [0.15, 0.2) is 24.3 Å². The molecule has 0 saturated carbocycles. The van der Waals surface area contributed by atoms with Crippen LogP contribution in [-0.4, -0.2) is 9.78 Å². The van der Waals surface area contributed by atoms with Gasteiger partial charge in [-0.05, 0) is 51.0 Å². The lowest BCUT2D eigenvalue weighted by molar-refractivity contribution is 0.808. The van der Waals surface area contributed by atoms with Gasteiger partial charge >= 0.3 is 0 Å². The fourth-order valence-electron chi connectivity index (χ4n) is 1.89. The quantitative estimate of drug-likeness (QED) is 0.860. The SMILES string of the molecule is Cc1nn(-c2ccc(C(C)N)cc2)c(C)c1C. The lowest BCUT2D eigenvalue weighted by Gasteiger charge is -2.08. The van der Waals surface area contributed by atoms with Crippen molar-refractivity contribution in [3.8, 4) is 5.69 Å². The zero-order valence-electron chi connectivity index (χ0n) is 10.9. The lowest BCUT2D eigenvalue weighted by Crippen LogP contribution is -2.05. The van der Waals surface area contributed by atoms with Crippen molar-refractivity contribution in [1.82, 2.24) is 9.78 Å². The molecule has 1 aromatic carbocycles. The standard InChI is InChI=1S/C14H19N3/c1-9-11(3)16-17(12(9)4)14-7-5-13(6-8-14)10(2)15/h5-8,10H,15H2,1-4H3. The first-order valence-electron chi connectivity index (χ1n) is 5.89. The van der Waals surface area contributed by atoms with Gasteiger partial charge in [0.2, 0.25) is 0 Å². The summed E-state index contributed by atoms with van der Waals surface area (Å²) in [7, 11) is 0. The van der Waals surface area contributed by atoms with Gasteiger partial charge in [0.05, 0.1) is 11.4 Å². The Morgan fingerprint density at radius 1 is 1.12 bits per heavy atom. The van der Waals surface area contributed by atoms with Crippen LogP contribution in [-0.2, 0) is 0 Å². The average molecular weight is 229 g/mol. The highest BCUT2D eigenvalue weighted by Crippen LogP contribution is 2.18. The second-order valence-electron chi connectivity index (χ2n) is 4.59. The normalized spacial score (nSPS) is 12.8. The predicted octanol–water partition coefficient (Wildman–Crippen LogP) is 2.82. The molecular formula is C14H19N3. The van der Waals surface area contributed by atoms with Gasteiger partial charge in [0.25, 0.3) is 0 Å². The molecule has 0 bridgehead atoms. The van der Waals surface area contributed by atoms with Gasteiger partial charge in [0.15, 0.2) is 0 Å². The van der Waals surface area contributed by atoms with E-state index in [2.05, 4.69) is 43.2 Å². The van der Waals surface area contributed by atoms with Crippen LogP contribution in [0.25, 0.3) is 5.69 Å². The maximum absolute atomic E-state index is 5.84. The second kappa shape index (κ2) is 4.34. The Kier molecular flexibility index (Phi) is 3.03. The zero-order chi connectivity index (χ0) is 12.6. The first kappa shape index (κ1) is 11.9. The van der Waals surface area contributed by atoms with Crippen molar-refractivity contribution in [2.75, 3.05) is 0 Å². The minimum Gasteiger partial charge on any atom is -0.324 e. The van der Waals surface area contributed by atoms with Gasteiger partial charge in [-0.25, -0.2) is 4.68 Å². The summed E-state index contributed by atoms with van der Waals surface area (Å²) in [4.78, 5) is 0. The molecular weight excluding hydrogens is 210 g/mol. The van der Waals surface area contributed by atoms with Crippen molar-refractivity contribution in [2.45, 2.75) is 33.7 Å². The van der Waals surface area contributed by atoms with Crippen molar-refractivity contribution in [1.29, 1.82) is 0 Å². The fraction of sp³-hybridized carbons (Fsp3) is 0.357. The van der Waals surface area contributed by atoms with Crippen LogP contribution in [0.5, 0.6) is 0 Å². The molecule has 2 aromatic rings. The van der Waals surface area contributed by atoms with Gasteiger partial charge in [0.1, 0.15) is 0 Å². The first-order chi connectivity index (χ1) is 8.00.